The molecule has 0 saturated carbocycles. The number of hydrogen-bond donors (Lipinski definition) is 3. The summed E-state index contributed by atoms with van der Waals surface area (Å²) in [6.07, 6.45) is 0. The number of aromatic carboxylic acids is 1. The zero-order chi connectivity index (χ0) is 29.3. The summed E-state index contributed by atoms with van der Waals surface area (Å²) in [6.45, 7) is 0. The molecule has 5 aromatic rings. The Morgan fingerprint density at radius 2 is 1.12 bits per heavy atom. The maximum absolute atomic E-state index is 13.5. The largest absolute Gasteiger partial charge is 0.478 e. The first-order valence-electron chi connectivity index (χ1n) is 13.1. The van der Waals surface area contributed by atoms with Crippen LogP contribution in [0, 0.1) is 0 Å². The normalized spacial score (nSPS) is 11.2. The van der Waals surface area contributed by atoms with Crippen molar-refractivity contribution < 1.29 is 24.2 Å². The van der Waals surface area contributed by atoms with Crippen LogP contribution in [-0.2, 0) is 4.79 Å². The number of rotatable bonds is 10. The van der Waals surface area contributed by atoms with Crippen molar-refractivity contribution >= 4 is 40.9 Å². The van der Waals surface area contributed by atoms with E-state index in [2.05, 4.69) is 10.6 Å². The molecule has 0 aromatic heterocycles. The average Bonchev–Trinajstić information content (AvgIpc) is 3.02. The topological polar surface area (TPSA) is 105 Å². The molecule has 0 aliphatic heterocycles. The molecule has 0 fully saturated rings. The van der Waals surface area contributed by atoms with E-state index in [1.807, 2.05) is 72.8 Å². The summed E-state index contributed by atoms with van der Waals surface area (Å²) in [6, 6.07) is 39.2. The van der Waals surface area contributed by atoms with Gasteiger partial charge < -0.3 is 20.5 Å². The first kappa shape index (κ1) is 28.2. The molecule has 7 nitrogen and oxygen atoms in total. The van der Waals surface area contributed by atoms with Gasteiger partial charge >= 0.3 is 5.97 Å². The van der Waals surface area contributed by atoms with Gasteiger partial charge in [0.05, 0.1) is 11.1 Å². The molecule has 208 valence electrons. The Balaban J connectivity index is 1.27. The molecule has 0 aliphatic carbocycles. The van der Waals surface area contributed by atoms with E-state index < -0.39 is 17.1 Å². The zero-order valence-electron chi connectivity index (χ0n) is 22.3. The Morgan fingerprint density at radius 1 is 0.595 bits per heavy atom. The first-order valence-corrected chi connectivity index (χ1v) is 13.9. The maximum atomic E-state index is 13.5. The average molecular weight is 575 g/mol. The Bertz CT molecular complexity index is 1680. The van der Waals surface area contributed by atoms with E-state index in [0.29, 0.717) is 17.1 Å². The zero-order valence-corrected chi connectivity index (χ0v) is 23.1. The van der Waals surface area contributed by atoms with E-state index in [1.165, 1.54) is 23.9 Å². The fraction of sp³-hybridized carbons (Fsp3) is 0.0294. The van der Waals surface area contributed by atoms with Crippen LogP contribution in [0.5, 0.6) is 11.5 Å². The summed E-state index contributed by atoms with van der Waals surface area (Å²) in [5.41, 5.74) is 1.98. The summed E-state index contributed by atoms with van der Waals surface area (Å²) in [5.74, 6) is -0.493. The van der Waals surface area contributed by atoms with Crippen molar-refractivity contribution in [2.45, 2.75) is 10.1 Å². The van der Waals surface area contributed by atoms with Crippen molar-refractivity contribution in [3.8, 4) is 11.5 Å². The minimum atomic E-state index is -1.17. The molecule has 0 aliphatic rings. The van der Waals surface area contributed by atoms with Gasteiger partial charge in [0, 0.05) is 16.3 Å². The predicted molar refractivity (Wildman–Crippen MR) is 164 cm³/mol. The molecule has 5 aromatic carbocycles. The number of carbonyl (C=O) groups is 3. The van der Waals surface area contributed by atoms with E-state index >= 15 is 0 Å². The summed E-state index contributed by atoms with van der Waals surface area (Å²) < 4.78 is 5.84. The minimum Gasteiger partial charge on any atom is -0.478 e. The van der Waals surface area contributed by atoms with Crippen LogP contribution in [0.15, 0.2) is 138 Å². The number of amides is 2. The molecule has 5 rings (SSSR count). The second-order valence-corrected chi connectivity index (χ2v) is 10.3. The predicted octanol–water partition coefficient (Wildman–Crippen LogP) is 7.90. The number of carbonyl (C=O) groups excluding carboxylic acids is 2. The van der Waals surface area contributed by atoms with Crippen molar-refractivity contribution in [1.29, 1.82) is 0 Å². The second kappa shape index (κ2) is 13.3. The van der Waals surface area contributed by atoms with Gasteiger partial charge in [-0.1, -0.05) is 60.7 Å². The number of carboxylic acids is 1. The highest BCUT2D eigenvalue weighted by molar-refractivity contribution is 8.00. The van der Waals surface area contributed by atoms with Gasteiger partial charge in [-0.25, -0.2) is 4.79 Å². The molecule has 0 heterocycles. The van der Waals surface area contributed by atoms with E-state index in [0.717, 1.165) is 16.2 Å². The molecule has 0 radical (unpaired) electrons. The Hall–Kier alpha value is -5.34. The number of carboxylic acid groups (broad SMARTS) is 1. The molecule has 1 unspecified atom stereocenters. The molecule has 0 bridgehead atoms. The fourth-order valence-electron chi connectivity index (χ4n) is 4.16. The Morgan fingerprint density at radius 3 is 1.76 bits per heavy atom. The van der Waals surface area contributed by atoms with Crippen LogP contribution in [0.1, 0.15) is 31.5 Å². The molecule has 0 saturated heterocycles. The molecule has 1 atom stereocenters. The lowest BCUT2D eigenvalue weighted by atomic mass is 10.1. The van der Waals surface area contributed by atoms with Crippen LogP contribution in [0.3, 0.4) is 0 Å². The standard InChI is InChI=1S/C34H26N2O5S/c37-32(29-13-7-8-14-30(29)34(39)40)35-25-17-21-28(22-18-25)42-31(23-9-3-1-4-10-23)33(38)36-24-15-19-27(20-16-24)41-26-11-5-2-6-12-26/h1-22,31H,(H,35,37)(H,36,38)(H,39,40). The lowest BCUT2D eigenvalue weighted by molar-refractivity contribution is -0.115. The van der Waals surface area contributed by atoms with Crippen molar-refractivity contribution in [3.63, 3.8) is 0 Å². The van der Waals surface area contributed by atoms with Crippen LogP contribution in [0.2, 0.25) is 0 Å². The van der Waals surface area contributed by atoms with Crippen molar-refractivity contribution in [3.05, 3.63) is 150 Å². The third kappa shape index (κ3) is 7.24. The minimum absolute atomic E-state index is 0.0720. The van der Waals surface area contributed by atoms with Crippen LogP contribution in [0.4, 0.5) is 11.4 Å². The van der Waals surface area contributed by atoms with Gasteiger partial charge in [0.2, 0.25) is 5.91 Å². The smallest absolute Gasteiger partial charge is 0.336 e. The molecule has 2 amide bonds. The summed E-state index contributed by atoms with van der Waals surface area (Å²) in [4.78, 5) is 38.5. The highest BCUT2D eigenvalue weighted by Gasteiger charge is 2.22. The SMILES string of the molecule is O=C(O)c1ccccc1C(=O)Nc1ccc(SC(C(=O)Nc2ccc(Oc3ccccc3)cc2)c2ccccc2)cc1. The molecule has 0 spiro atoms. The number of anilines is 2. The Labute approximate surface area is 247 Å². The summed E-state index contributed by atoms with van der Waals surface area (Å²) in [5, 5.41) is 14.6. The van der Waals surface area contributed by atoms with Gasteiger partial charge in [0.1, 0.15) is 16.7 Å². The van der Waals surface area contributed by atoms with Crippen molar-refractivity contribution in [1.82, 2.24) is 0 Å². The number of thioether (sulfide) groups is 1. The second-order valence-electron chi connectivity index (χ2n) is 9.17. The monoisotopic (exact) mass is 574 g/mol. The first-order chi connectivity index (χ1) is 20.5. The molecule has 8 heteroatoms. The van der Waals surface area contributed by atoms with E-state index in [-0.39, 0.29) is 17.0 Å². The van der Waals surface area contributed by atoms with Crippen LogP contribution < -0.4 is 15.4 Å². The molecule has 42 heavy (non-hydrogen) atoms. The number of benzene rings is 5. The highest BCUT2D eigenvalue weighted by Crippen LogP contribution is 2.37. The van der Waals surface area contributed by atoms with Gasteiger partial charge in [0.15, 0.2) is 0 Å². The van der Waals surface area contributed by atoms with Gasteiger partial charge in [-0.05, 0) is 78.4 Å². The number of para-hydroxylation sites is 1. The number of ether oxygens (including phenoxy) is 1. The summed E-state index contributed by atoms with van der Waals surface area (Å²) in [7, 11) is 0. The van der Waals surface area contributed by atoms with Crippen LogP contribution in [0.25, 0.3) is 0 Å². The third-order valence-corrected chi connectivity index (χ3v) is 7.48. The highest BCUT2D eigenvalue weighted by atomic mass is 32.2. The molecular formula is C34H26N2O5S. The van der Waals surface area contributed by atoms with Crippen LogP contribution in [-0.4, -0.2) is 22.9 Å². The van der Waals surface area contributed by atoms with Gasteiger partial charge in [-0.2, -0.15) is 0 Å². The summed E-state index contributed by atoms with van der Waals surface area (Å²) >= 11 is 1.38. The van der Waals surface area contributed by atoms with E-state index in [9.17, 15) is 19.5 Å². The quantitative estimate of drug-likeness (QED) is 0.147. The lowest BCUT2D eigenvalue weighted by Gasteiger charge is -2.18. The Kier molecular flexibility index (Phi) is 8.96. The van der Waals surface area contributed by atoms with E-state index in [1.54, 1.807) is 48.5 Å². The maximum Gasteiger partial charge on any atom is 0.336 e. The number of hydrogen-bond acceptors (Lipinski definition) is 5. The van der Waals surface area contributed by atoms with Gasteiger partial charge in [0.25, 0.3) is 5.91 Å². The third-order valence-electron chi connectivity index (χ3n) is 6.21. The van der Waals surface area contributed by atoms with Gasteiger partial charge in [-0.3, -0.25) is 9.59 Å². The fourth-order valence-corrected chi connectivity index (χ4v) is 5.18. The van der Waals surface area contributed by atoms with Crippen molar-refractivity contribution in [2.24, 2.45) is 0 Å². The van der Waals surface area contributed by atoms with Crippen LogP contribution >= 0.6 is 11.8 Å². The molecular weight excluding hydrogens is 548 g/mol. The van der Waals surface area contributed by atoms with Crippen molar-refractivity contribution in [2.75, 3.05) is 10.6 Å². The van der Waals surface area contributed by atoms with Gasteiger partial charge in [-0.15, -0.1) is 11.8 Å². The number of nitrogens with one attached hydrogen (secondary N) is 2. The molecule has 3 N–H and O–H groups in total. The van der Waals surface area contributed by atoms with E-state index in [4.69, 9.17) is 4.74 Å². The lowest BCUT2D eigenvalue weighted by Crippen LogP contribution is -2.19.